The Hall–Kier alpha value is -2.34. The van der Waals surface area contributed by atoms with Gasteiger partial charge in [0.05, 0.1) is 0 Å². The van der Waals surface area contributed by atoms with Crippen LogP contribution in [0.1, 0.15) is 11.4 Å². The SMILES string of the molecule is CN1CCN(c2ccc(Cc3nc(N)cc(N)n3)cc2)CC1. The first kappa shape index (κ1) is 14.6. The highest BCUT2D eigenvalue weighted by atomic mass is 15.2. The van der Waals surface area contributed by atoms with Crippen molar-refractivity contribution in [2.45, 2.75) is 6.42 Å². The Labute approximate surface area is 130 Å². The molecular formula is C16H22N6. The first-order valence-electron chi connectivity index (χ1n) is 7.51. The van der Waals surface area contributed by atoms with Gasteiger partial charge in [-0.1, -0.05) is 12.1 Å². The zero-order chi connectivity index (χ0) is 15.5. The molecule has 22 heavy (non-hydrogen) atoms. The monoisotopic (exact) mass is 298 g/mol. The summed E-state index contributed by atoms with van der Waals surface area (Å²) < 4.78 is 0. The van der Waals surface area contributed by atoms with E-state index in [1.54, 1.807) is 6.07 Å². The number of piperazine rings is 1. The van der Waals surface area contributed by atoms with Crippen molar-refractivity contribution in [3.63, 3.8) is 0 Å². The van der Waals surface area contributed by atoms with Crippen LogP contribution in [0, 0.1) is 0 Å². The van der Waals surface area contributed by atoms with Crippen molar-refractivity contribution < 1.29 is 0 Å². The van der Waals surface area contributed by atoms with E-state index in [4.69, 9.17) is 11.5 Å². The molecule has 116 valence electrons. The summed E-state index contributed by atoms with van der Waals surface area (Å²) >= 11 is 0. The van der Waals surface area contributed by atoms with Crippen LogP contribution in [0.2, 0.25) is 0 Å². The lowest BCUT2D eigenvalue weighted by Crippen LogP contribution is -2.44. The average molecular weight is 298 g/mol. The van der Waals surface area contributed by atoms with Gasteiger partial charge in [-0.3, -0.25) is 0 Å². The quantitative estimate of drug-likeness (QED) is 0.879. The third-order valence-corrected chi connectivity index (χ3v) is 3.98. The fourth-order valence-corrected chi connectivity index (χ4v) is 2.69. The van der Waals surface area contributed by atoms with Crippen molar-refractivity contribution >= 4 is 17.3 Å². The van der Waals surface area contributed by atoms with Crippen molar-refractivity contribution in [3.05, 3.63) is 41.7 Å². The van der Waals surface area contributed by atoms with Gasteiger partial charge in [0.15, 0.2) is 0 Å². The van der Waals surface area contributed by atoms with Crippen LogP contribution in [-0.2, 0) is 6.42 Å². The third-order valence-electron chi connectivity index (χ3n) is 3.98. The van der Waals surface area contributed by atoms with E-state index in [9.17, 15) is 0 Å². The third kappa shape index (κ3) is 3.46. The number of nitrogens with two attached hydrogens (primary N) is 2. The summed E-state index contributed by atoms with van der Waals surface area (Å²) in [4.78, 5) is 13.2. The van der Waals surface area contributed by atoms with Crippen LogP contribution < -0.4 is 16.4 Å². The normalized spacial score (nSPS) is 16.0. The Balaban J connectivity index is 1.69. The lowest BCUT2D eigenvalue weighted by molar-refractivity contribution is 0.313. The molecule has 1 saturated heterocycles. The Bertz CT molecular complexity index is 611. The van der Waals surface area contributed by atoms with Crippen molar-refractivity contribution in [1.82, 2.24) is 14.9 Å². The number of rotatable bonds is 3. The maximum atomic E-state index is 5.70. The molecule has 0 unspecified atom stereocenters. The molecule has 4 N–H and O–H groups in total. The Morgan fingerprint density at radius 1 is 0.955 bits per heavy atom. The predicted octanol–water partition coefficient (Wildman–Crippen LogP) is 0.984. The van der Waals surface area contributed by atoms with Gasteiger partial charge in [0.2, 0.25) is 0 Å². The van der Waals surface area contributed by atoms with E-state index in [0.29, 0.717) is 23.9 Å². The number of anilines is 3. The zero-order valence-corrected chi connectivity index (χ0v) is 12.9. The highest BCUT2D eigenvalue weighted by Crippen LogP contribution is 2.18. The number of aromatic nitrogens is 2. The van der Waals surface area contributed by atoms with Gasteiger partial charge in [-0.05, 0) is 24.7 Å². The summed E-state index contributed by atoms with van der Waals surface area (Å²) in [6.07, 6.45) is 0.637. The van der Waals surface area contributed by atoms with Gasteiger partial charge in [-0.25, -0.2) is 9.97 Å². The Morgan fingerprint density at radius 3 is 2.14 bits per heavy atom. The molecule has 0 amide bonds. The number of benzene rings is 1. The molecule has 2 heterocycles. The number of hydrogen-bond acceptors (Lipinski definition) is 6. The minimum atomic E-state index is 0.413. The number of hydrogen-bond donors (Lipinski definition) is 2. The van der Waals surface area contributed by atoms with Crippen molar-refractivity contribution in [2.24, 2.45) is 0 Å². The van der Waals surface area contributed by atoms with Gasteiger partial charge in [0.25, 0.3) is 0 Å². The fraction of sp³-hybridized carbons (Fsp3) is 0.375. The summed E-state index contributed by atoms with van der Waals surface area (Å²) in [6.45, 7) is 4.37. The van der Waals surface area contributed by atoms with Gasteiger partial charge in [0.1, 0.15) is 17.5 Å². The Morgan fingerprint density at radius 2 is 1.55 bits per heavy atom. The van der Waals surface area contributed by atoms with Gasteiger partial charge in [-0.2, -0.15) is 0 Å². The van der Waals surface area contributed by atoms with E-state index < -0.39 is 0 Å². The lowest BCUT2D eigenvalue weighted by Gasteiger charge is -2.34. The molecule has 0 saturated carbocycles. The maximum Gasteiger partial charge on any atom is 0.137 e. The molecule has 0 aliphatic carbocycles. The van der Waals surface area contributed by atoms with Gasteiger partial charge < -0.3 is 21.3 Å². The second-order valence-corrected chi connectivity index (χ2v) is 5.77. The molecule has 1 aromatic carbocycles. The summed E-state index contributed by atoms with van der Waals surface area (Å²) in [5, 5.41) is 0. The van der Waals surface area contributed by atoms with Crippen LogP contribution in [0.4, 0.5) is 17.3 Å². The van der Waals surface area contributed by atoms with E-state index in [0.717, 1.165) is 31.7 Å². The predicted molar refractivity (Wildman–Crippen MR) is 89.8 cm³/mol. The molecule has 0 bridgehead atoms. The van der Waals surface area contributed by atoms with Crippen LogP contribution in [0.3, 0.4) is 0 Å². The summed E-state index contributed by atoms with van der Waals surface area (Å²) in [5.41, 5.74) is 13.8. The molecule has 0 atom stereocenters. The molecule has 1 fully saturated rings. The molecule has 1 aliphatic heterocycles. The van der Waals surface area contributed by atoms with Gasteiger partial charge in [0, 0.05) is 44.4 Å². The number of nitrogens with zero attached hydrogens (tertiary/aromatic N) is 4. The van der Waals surface area contributed by atoms with E-state index in [1.807, 2.05) is 0 Å². The van der Waals surface area contributed by atoms with E-state index in [-0.39, 0.29) is 0 Å². The fourth-order valence-electron chi connectivity index (χ4n) is 2.69. The minimum Gasteiger partial charge on any atom is -0.384 e. The molecule has 2 aromatic rings. The standard InChI is InChI=1S/C16H22N6/c1-21-6-8-22(9-7-21)13-4-2-12(3-5-13)10-16-19-14(17)11-15(18)20-16/h2-5,11H,6-10H2,1H3,(H4,17,18,19,20). The molecule has 1 aromatic heterocycles. The van der Waals surface area contributed by atoms with E-state index in [1.165, 1.54) is 5.69 Å². The topological polar surface area (TPSA) is 84.3 Å². The first-order chi connectivity index (χ1) is 10.6. The maximum absolute atomic E-state index is 5.70. The second kappa shape index (κ2) is 6.19. The molecule has 1 aliphatic rings. The van der Waals surface area contributed by atoms with E-state index in [2.05, 4.69) is 51.1 Å². The zero-order valence-electron chi connectivity index (χ0n) is 12.9. The van der Waals surface area contributed by atoms with Crippen molar-refractivity contribution in [2.75, 3.05) is 49.6 Å². The van der Waals surface area contributed by atoms with E-state index >= 15 is 0 Å². The highest BCUT2D eigenvalue weighted by molar-refractivity contribution is 5.48. The molecule has 0 spiro atoms. The molecular weight excluding hydrogens is 276 g/mol. The van der Waals surface area contributed by atoms with Crippen molar-refractivity contribution in [3.8, 4) is 0 Å². The van der Waals surface area contributed by atoms with Crippen LogP contribution in [0.25, 0.3) is 0 Å². The molecule has 3 rings (SSSR count). The number of nitrogen functional groups attached to an aromatic ring is 2. The molecule has 0 radical (unpaired) electrons. The number of likely N-dealkylation sites (N-methyl/N-ethyl adjacent to an activating group) is 1. The van der Waals surface area contributed by atoms with Gasteiger partial charge in [-0.15, -0.1) is 0 Å². The lowest BCUT2D eigenvalue weighted by atomic mass is 10.1. The van der Waals surface area contributed by atoms with Crippen LogP contribution in [-0.4, -0.2) is 48.1 Å². The smallest absolute Gasteiger partial charge is 0.137 e. The second-order valence-electron chi connectivity index (χ2n) is 5.77. The summed E-state index contributed by atoms with van der Waals surface area (Å²) in [6, 6.07) is 10.1. The minimum absolute atomic E-state index is 0.413. The largest absolute Gasteiger partial charge is 0.384 e. The molecule has 6 nitrogen and oxygen atoms in total. The molecule has 6 heteroatoms. The van der Waals surface area contributed by atoms with Crippen LogP contribution in [0.15, 0.2) is 30.3 Å². The van der Waals surface area contributed by atoms with Crippen molar-refractivity contribution in [1.29, 1.82) is 0 Å². The summed E-state index contributed by atoms with van der Waals surface area (Å²) in [7, 11) is 2.16. The Kier molecular flexibility index (Phi) is 4.11. The van der Waals surface area contributed by atoms with Crippen LogP contribution in [0.5, 0.6) is 0 Å². The summed E-state index contributed by atoms with van der Waals surface area (Å²) in [5.74, 6) is 1.48. The van der Waals surface area contributed by atoms with Gasteiger partial charge >= 0.3 is 0 Å². The average Bonchev–Trinajstić information content (AvgIpc) is 2.48. The highest BCUT2D eigenvalue weighted by Gasteiger charge is 2.14. The van der Waals surface area contributed by atoms with Crippen LogP contribution >= 0.6 is 0 Å². The first-order valence-corrected chi connectivity index (χ1v) is 7.51.